The predicted octanol–water partition coefficient (Wildman–Crippen LogP) is 3.36. The molecule has 1 unspecified atom stereocenters. The zero-order chi connectivity index (χ0) is 24.2. The molecule has 0 radical (unpaired) electrons. The Balaban J connectivity index is 1.74. The van der Waals surface area contributed by atoms with Gasteiger partial charge >= 0.3 is 17.9 Å². The smallest absolute Gasteiger partial charge is 0.429 e. The second kappa shape index (κ2) is 10.2. The Morgan fingerprint density at radius 1 is 1.18 bits per heavy atom. The van der Waals surface area contributed by atoms with Crippen LogP contribution in [0.2, 0.25) is 5.02 Å². The maximum atomic E-state index is 12.9. The molecule has 0 spiro atoms. The molecule has 2 atom stereocenters. The van der Waals surface area contributed by atoms with Gasteiger partial charge in [-0.2, -0.15) is 0 Å². The van der Waals surface area contributed by atoms with Crippen LogP contribution in [0.5, 0.6) is 0 Å². The maximum Gasteiger partial charge on any atom is 0.429 e. The molecular formula is C21H27ClN6O5. The van der Waals surface area contributed by atoms with Crippen molar-refractivity contribution in [2.45, 2.75) is 70.9 Å². The summed E-state index contributed by atoms with van der Waals surface area (Å²) in [5.41, 5.74) is 1.61. The first-order valence-electron chi connectivity index (χ1n) is 10.6. The van der Waals surface area contributed by atoms with E-state index in [9.17, 15) is 14.4 Å². The summed E-state index contributed by atoms with van der Waals surface area (Å²) in [4.78, 5) is 41.9. The highest BCUT2D eigenvalue weighted by molar-refractivity contribution is 6.39. The van der Waals surface area contributed by atoms with E-state index in [0.29, 0.717) is 29.6 Å². The normalized spacial score (nSPS) is 18.3. The molecule has 1 fully saturated rings. The molecule has 0 aliphatic heterocycles. The topological polar surface area (TPSA) is 140 Å². The molecule has 2 aromatic heterocycles. The molecule has 2 heterocycles. The predicted molar refractivity (Wildman–Crippen MR) is 118 cm³/mol. The molecule has 0 aromatic carbocycles. The molecule has 33 heavy (non-hydrogen) atoms. The fourth-order valence-corrected chi connectivity index (χ4v) is 3.59. The van der Waals surface area contributed by atoms with Gasteiger partial charge in [-0.05, 0) is 52.2 Å². The number of halogens is 1. The average Bonchev–Trinajstić information content (AvgIpc) is 3.18. The zero-order valence-corrected chi connectivity index (χ0v) is 19.7. The van der Waals surface area contributed by atoms with Crippen molar-refractivity contribution in [3.63, 3.8) is 0 Å². The highest BCUT2D eigenvalue weighted by Crippen LogP contribution is 2.34. The molecule has 0 saturated heterocycles. The molecule has 0 bridgehead atoms. The van der Waals surface area contributed by atoms with Crippen molar-refractivity contribution in [3.05, 3.63) is 35.1 Å². The summed E-state index contributed by atoms with van der Waals surface area (Å²) in [6.45, 7) is 6.86. The Morgan fingerprint density at radius 2 is 1.94 bits per heavy atom. The average molecular weight is 479 g/mol. The van der Waals surface area contributed by atoms with Crippen LogP contribution in [0.1, 0.15) is 64.2 Å². The van der Waals surface area contributed by atoms with Gasteiger partial charge in [0, 0.05) is 19.0 Å². The van der Waals surface area contributed by atoms with Crippen LogP contribution < -0.4 is 10.7 Å². The Bertz CT molecular complexity index is 1000. The second-order valence-corrected chi connectivity index (χ2v) is 9.22. The summed E-state index contributed by atoms with van der Waals surface area (Å²) < 4.78 is 11.0. The van der Waals surface area contributed by atoms with Crippen molar-refractivity contribution in [1.29, 1.82) is 0 Å². The molecule has 178 valence electrons. The standard InChI is InChI=1S/C21H27ClN6O5/c1-12-25-26-19(32-12)13-6-5-7-15(10-13)28(20(31)33-21(2,3)4)27-18(30)17(29)24-16-9-8-14(22)11-23-16/h8-9,11,13,15H,5-7,10H2,1-4H3,(H,27,30)(H,23,24,29)/t13-,15?/m0/s1. The number of aryl methyl sites for hydroxylation is 1. The Hall–Kier alpha value is -3.21. The Kier molecular flexibility index (Phi) is 7.52. The number of anilines is 1. The molecule has 1 saturated carbocycles. The van der Waals surface area contributed by atoms with Crippen LogP contribution in [0.4, 0.5) is 10.6 Å². The number of aromatic nitrogens is 3. The van der Waals surface area contributed by atoms with Crippen molar-refractivity contribution in [3.8, 4) is 0 Å². The minimum Gasteiger partial charge on any atom is -0.442 e. The first-order valence-corrected chi connectivity index (χ1v) is 11.0. The maximum absolute atomic E-state index is 12.9. The van der Waals surface area contributed by atoms with E-state index in [1.165, 1.54) is 18.3 Å². The fraction of sp³-hybridized carbons (Fsp3) is 0.524. The highest BCUT2D eigenvalue weighted by atomic mass is 35.5. The van der Waals surface area contributed by atoms with E-state index < -0.39 is 29.6 Å². The molecule has 1 aliphatic carbocycles. The van der Waals surface area contributed by atoms with Crippen molar-refractivity contribution in [2.24, 2.45) is 0 Å². The van der Waals surface area contributed by atoms with Gasteiger partial charge in [0.2, 0.25) is 11.8 Å². The summed E-state index contributed by atoms with van der Waals surface area (Å²) in [6.07, 6.45) is 3.19. The Labute approximate surface area is 196 Å². The van der Waals surface area contributed by atoms with Crippen molar-refractivity contribution < 1.29 is 23.5 Å². The lowest BCUT2D eigenvalue weighted by atomic mass is 9.85. The van der Waals surface area contributed by atoms with Crippen molar-refractivity contribution >= 4 is 35.3 Å². The summed E-state index contributed by atoms with van der Waals surface area (Å²) in [5, 5.41) is 11.8. The molecule has 3 amide bonds. The lowest BCUT2D eigenvalue weighted by molar-refractivity contribution is -0.140. The van der Waals surface area contributed by atoms with Crippen molar-refractivity contribution in [2.75, 3.05) is 5.32 Å². The van der Waals surface area contributed by atoms with E-state index in [1.54, 1.807) is 27.7 Å². The second-order valence-electron chi connectivity index (χ2n) is 8.78. The molecule has 12 heteroatoms. The van der Waals surface area contributed by atoms with Gasteiger partial charge in [-0.25, -0.2) is 14.8 Å². The minimum absolute atomic E-state index is 0.0844. The van der Waals surface area contributed by atoms with E-state index in [2.05, 4.69) is 25.9 Å². The number of nitrogens with one attached hydrogen (secondary N) is 2. The van der Waals surface area contributed by atoms with Gasteiger partial charge in [0.1, 0.15) is 11.4 Å². The molecule has 2 aromatic rings. The first-order chi connectivity index (χ1) is 15.5. The van der Waals surface area contributed by atoms with E-state index in [4.69, 9.17) is 20.8 Å². The van der Waals surface area contributed by atoms with Crippen LogP contribution in [-0.2, 0) is 14.3 Å². The van der Waals surface area contributed by atoms with Gasteiger partial charge in [0.25, 0.3) is 0 Å². The highest BCUT2D eigenvalue weighted by Gasteiger charge is 2.36. The summed E-state index contributed by atoms with van der Waals surface area (Å²) in [5.74, 6) is -1.02. The van der Waals surface area contributed by atoms with E-state index in [1.807, 2.05) is 0 Å². The summed E-state index contributed by atoms with van der Waals surface area (Å²) >= 11 is 5.78. The van der Waals surface area contributed by atoms with Gasteiger partial charge in [-0.1, -0.05) is 18.0 Å². The number of rotatable bonds is 3. The van der Waals surface area contributed by atoms with E-state index in [-0.39, 0.29) is 11.7 Å². The number of nitrogens with zero attached hydrogens (tertiary/aromatic N) is 4. The van der Waals surface area contributed by atoms with Crippen LogP contribution in [0.25, 0.3) is 0 Å². The minimum atomic E-state index is -1.03. The van der Waals surface area contributed by atoms with Crippen LogP contribution in [0.15, 0.2) is 22.7 Å². The third-order valence-electron chi connectivity index (χ3n) is 4.89. The lowest BCUT2D eigenvalue weighted by Gasteiger charge is -2.36. The summed E-state index contributed by atoms with van der Waals surface area (Å²) in [7, 11) is 0. The monoisotopic (exact) mass is 478 g/mol. The number of amides is 3. The fourth-order valence-electron chi connectivity index (χ4n) is 3.48. The molecule has 1 aliphatic rings. The quantitative estimate of drug-likeness (QED) is 0.505. The third kappa shape index (κ3) is 6.88. The largest absolute Gasteiger partial charge is 0.442 e. The van der Waals surface area contributed by atoms with Gasteiger partial charge in [0.05, 0.1) is 11.1 Å². The number of ether oxygens (including phenoxy) is 1. The number of carbonyl (C=O) groups excluding carboxylic acids is 3. The summed E-state index contributed by atoms with van der Waals surface area (Å²) in [6, 6.07) is 2.55. The van der Waals surface area contributed by atoms with E-state index >= 15 is 0 Å². The Morgan fingerprint density at radius 3 is 2.55 bits per heavy atom. The molecular weight excluding hydrogens is 452 g/mol. The lowest BCUT2D eigenvalue weighted by Crippen LogP contribution is -2.56. The van der Waals surface area contributed by atoms with Gasteiger partial charge in [-0.15, -0.1) is 10.2 Å². The molecule has 3 rings (SSSR count). The van der Waals surface area contributed by atoms with Gasteiger partial charge in [0.15, 0.2) is 0 Å². The van der Waals surface area contributed by atoms with Crippen LogP contribution in [0.3, 0.4) is 0 Å². The van der Waals surface area contributed by atoms with E-state index in [0.717, 1.165) is 17.9 Å². The SMILES string of the molecule is Cc1nnc([C@H]2CCCC(N(NC(=O)C(=O)Nc3ccc(Cl)cn3)C(=O)OC(C)(C)C)C2)o1. The van der Waals surface area contributed by atoms with Crippen molar-refractivity contribution in [1.82, 2.24) is 25.6 Å². The van der Waals surface area contributed by atoms with Crippen LogP contribution in [0, 0.1) is 6.92 Å². The zero-order valence-electron chi connectivity index (χ0n) is 18.9. The number of hydrogen-bond donors (Lipinski definition) is 2. The number of pyridine rings is 1. The third-order valence-corrected chi connectivity index (χ3v) is 5.11. The van der Waals surface area contributed by atoms with Crippen LogP contribution in [-0.4, -0.2) is 49.7 Å². The molecule has 11 nitrogen and oxygen atoms in total. The van der Waals surface area contributed by atoms with Crippen LogP contribution >= 0.6 is 11.6 Å². The number of carbonyl (C=O) groups is 3. The number of hydrogen-bond acceptors (Lipinski definition) is 8. The van der Waals surface area contributed by atoms with Gasteiger partial charge in [-0.3, -0.25) is 15.0 Å². The molecule has 2 N–H and O–H groups in total. The first kappa shape index (κ1) is 24.4. The van der Waals surface area contributed by atoms with Gasteiger partial charge < -0.3 is 14.5 Å². The number of hydrazine groups is 1.